The number of hydrogen-bond acceptors (Lipinski definition) is 3. The van der Waals surface area contributed by atoms with Crippen molar-refractivity contribution in [1.29, 1.82) is 0 Å². The summed E-state index contributed by atoms with van der Waals surface area (Å²) in [6, 6.07) is 3.65. The van der Waals surface area contributed by atoms with Crippen molar-refractivity contribution in [3.05, 3.63) is 35.2 Å². The highest BCUT2D eigenvalue weighted by molar-refractivity contribution is 5.72. The van der Waals surface area contributed by atoms with Crippen LogP contribution in [0.3, 0.4) is 0 Å². The van der Waals surface area contributed by atoms with Gasteiger partial charge in [0.15, 0.2) is 6.29 Å². The summed E-state index contributed by atoms with van der Waals surface area (Å²) in [5.41, 5.74) is 2.92. The molecule has 3 nitrogen and oxygen atoms in total. The van der Waals surface area contributed by atoms with Crippen LogP contribution < -0.4 is 0 Å². The second-order valence-electron chi connectivity index (χ2n) is 3.55. The summed E-state index contributed by atoms with van der Waals surface area (Å²) in [6.45, 7) is 1.62. The average Bonchev–Trinajstić information content (AvgIpc) is 2.31. The van der Waals surface area contributed by atoms with Gasteiger partial charge in [-0.25, -0.2) is 0 Å². The van der Waals surface area contributed by atoms with Crippen molar-refractivity contribution in [3.8, 4) is 0 Å². The molecule has 0 bridgehead atoms. The molecule has 2 heterocycles. The van der Waals surface area contributed by atoms with Crippen molar-refractivity contribution in [2.45, 2.75) is 12.8 Å². The van der Waals surface area contributed by atoms with E-state index in [9.17, 15) is 4.79 Å². The normalized spacial score (nSPS) is 16.1. The number of carbonyl (C=O) groups is 1. The lowest BCUT2D eigenvalue weighted by molar-refractivity contribution is 0.111. The SMILES string of the molecule is O=Cc1ccc(C=C2CCOCC2)cn1. The van der Waals surface area contributed by atoms with Gasteiger partial charge in [-0.05, 0) is 24.5 Å². The molecule has 1 aliphatic heterocycles. The average molecular weight is 203 g/mol. The van der Waals surface area contributed by atoms with E-state index >= 15 is 0 Å². The minimum atomic E-state index is 0.476. The van der Waals surface area contributed by atoms with Crippen LogP contribution in [0.25, 0.3) is 6.08 Å². The summed E-state index contributed by atoms with van der Waals surface area (Å²) in [7, 11) is 0. The van der Waals surface area contributed by atoms with Gasteiger partial charge in [0.2, 0.25) is 0 Å². The Morgan fingerprint density at radius 2 is 2.07 bits per heavy atom. The molecule has 1 aromatic heterocycles. The molecule has 1 saturated heterocycles. The van der Waals surface area contributed by atoms with E-state index in [1.165, 1.54) is 5.57 Å². The second-order valence-corrected chi connectivity index (χ2v) is 3.55. The van der Waals surface area contributed by atoms with Crippen LogP contribution in [-0.4, -0.2) is 24.5 Å². The lowest BCUT2D eigenvalue weighted by Gasteiger charge is -2.14. The topological polar surface area (TPSA) is 39.2 Å². The second kappa shape index (κ2) is 4.84. The molecular weight excluding hydrogens is 190 g/mol. The van der Waals surface area contributed by atoms with E-state index in [1.807, 2.05) is 6.07 Å². The Kier molecular flexibility index (Phi) is 3.25. The highest BCUT2D eigenvalue weighted by atomic mass is 16.5. The third kappa shape index (κ3) is 2.73. The van der Waals surface area contributed by atoms with Gasteiger partial charge in [-0.1, -0.05) is 17.7 Å². The zero-order valence-corrected chi connectivity index (χ0v) is 8.48. The minimum Gasteiger partial charge on any atom is -0.381 e. The molecule has 0 atom stereocenters. The molecule has 15 heavy (non-hydrogen) atoms. The van der Waals surface area contributed by atoms with Crippen LogP contribution in [0, 0.1) is 0 Å². The molecule has 0 amide bonds. The van der Waals surface area contributed by atoms with Gasteiger partial charge in [0.1, 0.15) is 5.69 Å². The van der Waals surface area contributed by atoms with Crippen LogP contribution >= 0.6 is 0 Å². The van der Waals surface area contributed by atoms with E-state index in [2.05, 4.69) is 11.1 Å². The van der Waals surface area contributed by atoms with E-state index in [1.54, 1.807) is 12.3 Å². The van der Waals surface area contributed by atoms with Crippen LogP contribution in [0.2, 0.25) is 0 Å². The van der Waals surface area contributed by atoms with Gasteiger partial charge >= 0.3 is 0 Å². The lowest BCUT2D eigenvalue weighted by atomic mass is 10.1. The maximum Gasteiger partial charge on any atom is 0.168 e. The summed E-state index contributed by atoms with van der Waals surface area (Å²) in [4.78, 5) is 14.4. The molecule has 1 fully saturated rings. The fourth-order valence-electron chi connectivity index (χ4n) is 1.59. The van der Waals surface area contributed by atoms with Crippen molar-refractivity contribution in [3.63, 3.8) is 0 Å². The molecule has 0 N–H and O–H groups in total. The Morgan fingerprint density at radius 1 is 1.27 bits per heavy atom. The van der Waals surface area contributed by atoms with E-state index in [-0.39, 0.29) is 0 Å². The summed E-state index contributed by atoms with van der Waals surface area (Å²) in [5, 5.41) is 0. The van der Waals surface area contributed by atoms with Gasteiger partial charge in [0.05, 0.1) is 13.2 Å². The molecule has 3 heteroatoms. The summed E-state index contributed by atoms with van der Waals surface area (Å²) < 4.78 is 5.27. The van der Waals surface area contributed by atoms with Gasteiger partial charge in [0.25, 0.3) is 0 Å². The predicted molar refractivity (Wildman–Crippen MR) is 57.7 cm³/mol. The zero-order chi connectivity index (χ0) is 10.5. The van der Waals surface area contributed by atoms with Crippen LogP contribution in [-0.2, 0) is 4.74 Å². The molecule has 0 spiro atoms. The summed E-state index contributed by atoms with van der Waals surface area (Å²) >= 11 is 0. The maximum atomic E-state index is 10.4. The molecule has 0 aromatic carbocycles. The monoisotopic (exact) mass is 203 g/mol. The lowest BCUT2D eigenvalue weighted by Crippen LogP contribution is -2.06. The first-order valence-corrected chi connectivity index (χ1v) is 5.07. The van der Waals surface area contributed by atoms with E-state index in [4.69, 9.17) is 4.74 Å². The minimum absolute atomic E-state index is 0.476. The van der Waals surface area contributed by atoms with Crippen LogP contribution in [0.4, 0.5) is 0 Å². The van der Waals surface area contributed by atoms with Crippen molar-refractivity contribution in [2.24, 2.45) is 0 Å². The summed E-state index contributed by atoms with van der Waals surface area (Å²) in [6.07, 6.45) is 6.60. The molecule has 0 saturated carbocycles. The molecule has 0 radical (unpaired) electrons. The zero-order valence-electron chi connectivity index (χ0n) is 8.48. The first-order chi connectivity index (χ1) is 7.38. The highest BCUT2D eigenvalue weighted by Crippen LogP contribution is 2.16. The number of rotatable bonds is 2. The Morgan fingerprint density at radius 3 is 2.67 bits per heavy atom. The molecule has 1 aromatic rings. The standard InChI is InChI=1S/C12H13NO2/c14-9-12-2-1-11(8-13-12)7-10-3-5-15-6-4-10/h1-2,7-9H,3-6H2. The number of aromatic nitrogens is 1. The smallest absolute Gasteiger partial charge is 0.168 e. The Hall–Kier alpha value is -1.48. The molecule has 0 aliphatic carbocycles. The van der Waals surface area contributed by atoms with Gasteiger partial charge < -0.3 is 4.74 Å². The molecule has 2 rings (SSSR count). The first-order valence-electron chi connectivity index (χ1n) is 5.07. The third-order valence-corrected chi connectivity index (χ3v) is 2.44. The summed E-state index contributed by atoms with van der Waals surface area (Å²) in [5.74, 6) is 0. The predicted octanol–water partition coefficient (Wildman–Crippen LogP) is 2.09. The van der Waals surface area contributed by atoms with Gasteiger partial charge in [-0.15, -0.1) is 0 Å². The van der Waals surface area contributed by atoms with Gasteiger partial charge in [-0.3, -0.25) is 9.78 Å². The fourth-order valence-corrected chi connectivity index (χ4v) is 1.59. The van der Waals surface area contributed by atoms with E-state index in [0.717, 1.165) is 37.9 Å². The maximum absolute atomic E-state index is 10.4. The number of pyridine rings is 1. The van der Waals surface area contributed by atoms with Crippen molar-refractivity contribution in [2.75, 3.05) is 13.2 Å². The van der Waals surface area contributed by atoms with Crippen LogP contribution in [0.5, 0.6) is 0 Å². The number of ether oxygens (including phenoxy) is 1. The fraction of sp³-hybridized carbons (Fsp3) is 0.333. The van der Waals surface area contributed by atoms with E-state index < -0.39 is 0 Å². The van der Waals surface area contributed by atoms with Gasteiger partial charge in [-0.2, -0.15) is 0 Å². The first kappa shape index (κ1) is 10.1. The van der Waals surface area contributed by atoms with Gasteiger partial charge in [0, 0.05) is 6.20 Å². The van der Waals surface area contributed by atoms with Crippen LogP contribution in [0.15, 0.2) is 23.9 Å². The van der Waals surface area contributed by atoms with Crippen molar-refractivity contribution >= 4 is 12.4 Å². The van der Waals surface area contributed by atoms with Crippen LogP contribution in [0.1, 0.15) is 28.9 Å². The number of hydrogen-bond donors (Lipinski definition) is 0. The highest BCUT2D eigenvalue weighted by Gasteiger charge is 2.05. The quantitative estimate of drug-likeness (QED) is 0.691. The third-order valence-electron chi connectivity index (χ3n) is 2.44. The van der Waals surface area contributed by atoms with Crippen molar-refractivity contribution in [1.82, 2.24) is 4.98 Å². The largest absolute Gasteiger partial charge is 0.381 e. The Bertz CT molecular complexity index is 360. The van der Waals surface area contributed by atoms with Crippen molar-refractivity contribution < 1.29 is 9.53 Å². The Balaban J connectivity index is 2.11. The molecular formula is C12H13NO2. The molecule has 78 valence electrons. The number of carbonyl (C=O) groups excluding carboxylic acids is 1. The van der Waals surface area contributed by atoms with E-state index in [0.29, 0.717) is 5.69 Å². The number of aldehydes is 1. The Labute approximate surface area is 88.8 Å². The number of nitrogens with zero attached hydrogens (tertiary/aromatic N) is 1. The molecule has 0 unspecified atom stereocenters. The molecule has 1 aliphatic rings.